The van der Waals surface area contributed by atoms with E-state index in [1.165, 1.54) is 0 Å². The Balaban J connectivity index is 3.87. The third kappa shape index (κ3) is 3.50. The van der Waals surface area contributed by atoms with Crippen molar-refractivity contribution >= 4 is 18.1 Å². The highest BCUT2D eigenvalue weighted by Gasteiger charge is 2.27. The molecule has 0 aromatic carbocycles. The van der Waals surface area contributed by atoms with Crippen molar-refractivity contribution in [1.82, 2.24) is 0 Å². The summed E-state index contributed by atoms with van der Waals surface area (Å²) in [6.45, 7) is 10.1. The van der Waals surface area contributed by atoms with Gasteiger partial charge in [0.25, 0.3) is 0 Å². The topological polar surface area (TPSA) is 29.5 Å². The maximum atomic E-state index is 9.37. The summed E-state index contributed by atoms with van der Waals surface area (Å²) in [5.41, 5.74) is 0. The predicted octanol–water partition coefficient (Wildman–Crippen LogP) is 0.650. The summed E-state index contributed by atoms with van der Waals surface area (Å²) in [5.74, 6) is 0. The molecule has 2 nitrogen and oxygen atoms in total. The largest absolute Gasteiger partial charge is 0.432 e. The molecular formula is C6H18O2Si2. The SMILES string of the molecule is C[SiH](C)OC(C)(C)[SiH](C)O. The summed E-state index contributed by atoms with van der Waals surface area (Å²) in [4.78, 5) is 9.37. The minimum Gasteiger partial charge on any atom is -0.432 e. The maximum Gasteiger partial charge on any atom is 0.199 e. The molecule has 0 spiro atoms. The molecule has 0 radical (unpaired) electrons. The summed E-state index contributed by atoms with van der Waals surface area (Å²) >= 11 is 0. The predicted molar refractivity (Wildman–Crippen MR) is 49.3 cm³/mol. The molecule has 0 aliphatic carbocycles. The number of hydrogen-bond acceptors (Lipinski definition) is 2. The van der Waals surface area contributed by atoms with Crippen LogP contribution >= 0.6 is 0 Å². The second-order valence-corrected chi connectivity index (χ2v) is 8.52. The van der Waals surface area contributed by atoms with Crippen LogP contribution in [0.15, 0.2) is 0 Å². The van der Waals surface area contributed by atoms with E-state index >= 15 is 0 Å². The lowest BCUT2D eigenvalue weighted by molar-refractivity contribution is 0.175. The Hall–Kier alpha value is 0.354. The number of hydrogen-bond donors (Lipinski definition) is 1. The van der Waals surface area contributed by atoms with Gasteiger partial charge < -0.3 is 9.22 Å². The van der Waals surface area contributed by atoms with Crippen LogP contribution in [-0.2, 0) is 4.43 Å². The maximum absolute atomic E-state index is 9.37. The first-order valence-electron chi connectivity index (χ1n) is 3.72. The Labute approximate surface area is 66.7 Å². The van der Waals surface area contributed by atoms with E-state index in [1.807, 2.05) is 20.4 Å². The van der Waals surface area contributed by atoms with Gasteiger partial charge in [-0.25, -0.2) is 0 Å². The van der Waals surface area contributed by atoms with E-state index in [0.717, 1.165) is 0 Å². The molecule has 1 N–H and O–H groups in total. The third-order valence-corrected chi connectivity index (χ3v) is 5.04. The summed E-state index contributed by atoms with van der Waals surface area (Å²) < 4.78 is 5.65. The lowest BCUT2D eigenvalue weighted by Crippen LogP contribution is -2.43. The second kappa shape index (κ2) is 3.66. The van der Waals surface area contributed by atoms with Crippen LogP contribution in [0.2, 0.25) is 19.6 Å². The van der Waals surface area contributed by atoms with Crippen molar-refractivity contribution in [2.24, 2.45) is 0 Å². The molecule has 0 aliphatic rings. The van der Waals surface area contributed by atoms with E-state index in [4.69, 9.17) is 4.43 Å². The van der Waals surface area contributed by atoms with Gasteiger partial charge in [-0.2, -0.15) is 0 Å². The average Bonchev–Trinajstić information content (AvgIpc) is 1.60. The van der Waals surface area contributed by atoms with E-state index in [2.05, 4.69) is 13.1 Å². The Morgan fingerprint density at radius 3 is 1.70 bits per heavy atom. The molecule has 0 amide bonds. The van der Waals surface area contributed by atoms with Gasteiger partial charge in [0.15, 0.2) is 18.1 Å². The van der Waals surface area contributed by atoms with Crippen LogP contribution in [0.1, 0.15) is 13.8 Å². The highest BCUT2D eigenvalue weighted by atomic mass is 28.3. The zero-order valence-corrected chi connectivity index (χ0v) is 9.82. The fraction of sp³-hybridized carbons (Fsp3) is 1.00. The molecular weight excluding hydrogens is 160 g/mol. The van der Waals surface area contributed by atoms with Crippen LogP contribution in [0.5, 0.6) is 0 Å². The monoisotopic (exact) mass is 178 g/mol. The van der Waals surface area contributed by atoms with E-state index in [9.17, 15) is 4.80 Å². The second-order valence-electron chi connectivity index (χ2n) is 3.45. The van der Waals surface area contributed by atoms with E-state index in [0.29, 0.717) is 0 Å². The van der Waals surface area contributed by atoms with Crippen LogP contribution < -0.4 is 0 Å². The molecule has 10 heavy (non-hydrogen) atoms. The summed E-state index contributed by atoms with van der Waals surface area (Å²) in [5, 5.41) is -0.222. The first-order valence-corrected chi connectivity index (χ1v) is 8.75. The van der Waals surface area contributed by atoms with Gasteiger partial charge in [0, 0.05) is 0 Å². The highest BCUT2D eigenvalue weighted by Crippen LogP contribution is 2.12. The smallest absolute Gasteiger partial charge is 0.199 e. The zero-order valence-electron chi connectivity index (χ0n) is 7.51. The van der Waals surface area contributed by atoms with Crippen molar-refractivity contribution in [1.29, 1.82) is 0 Å². The summed E-state index contributed by atoms with van der Waals surface area (Å²) in [6.07, 6.45) is 0. The van der Waals surface area contributed by atoms with Gasteiger partial charge in [0.2, 0.25) is 0 Å². The molecule has 0 saturated heterocycles. The van der Waals surface area contributed by atoms with E-state index < -0.39 is 18.1 Å². The fourth-order valence-electron chi connectivity index (χ4n) is 0.706. The Bertz CT molecular complexity index is 102. The number of rotatable bonds is 3. The molecule has 0 aromatic rings. The normalized spacial score (nSPS) is 15.9. The Morgan fingerprint density at radius 2 is 1.60 bits per heavy atom. The average molecular weight is 178 g/mol. The van der Waals surface area contributed by atoms with Crippen molar-refractivity contribution in [3.63, 3.8) is 0 Å². The van der Waals surface area contributed by atoms with Crippen LogP contribution in [0.25, 0.3) is 0 Å². The van der Waals surface area contributed by atoms with Gasteiger partial charge in [-0.15, -0.1) is 0 Å². The quantitative estimate of drug-likeness (QED) is 0.643. The lowest BCUT2D eigenvalue weighted by Gasteiger charge is -2.29. The first kappa shape index (κ1) is 10.4. The molecule has 0 bridgehead atoms. The van der Waals surface area contributed by atoms with Gasteiger partial charge in [-0.1, -0.05) is 0 Å². The highest BCUT2D eigenvalue weighted by molar-refractivity contribution is 6.55. The molecule has 0 aromatic heterocycles. The molecule has 4 heteroatoms. The van der Waals surface area contributed by atoms with Crippen molar-refractivity contribution < 1.29 is 9.22 Å². The molecule has 0 aliphatic heterocycles. The standard InChI is InChI=1S/C6H18O2Si2/c1-6(2,10(5)7)8-9(3)4/h7,9-10H,1-5H3. The van der Waals surface area contributed by atoms with Crippen LogP contribution in [-0.4, -0.2) is 28.1 Å². The van der Waals surface area contributed by atoms with Gasteiger partial charge in [0.05, 0.1) is 5.22 Å². The minimum absolute atomic E-state index is 0.222. The van der Waals surface area contributed by atoms with Crippen LogP contribution in [0, 0.1) is 0 Å². The summed E-state index contributed by atoms with van der Waals surface area (Å²) in [7, 11) is -2.60. The van der Waals surface area contributed by atoms with Crippen molar-refractivity contribution in [2.75, 3.05) is 0 Å². The first-order chi connectivity index (χ1) is 4.36. The molecule has 62 valence electrons. The molecule has 0 fully saturated rings. The third-order valence-electron chi connectivity index (χ3n) is 1.55. The lowest BCUT2D eigenvalue weighted by atomic mass is 10.5. The van der Waals surface area contributed by atoms with E-state index in [-0.39, 0.29) is 5.22 Å². The minimum atomic E-state index is -1.62. The molecule has 1 atom stereocenters. The molecule has 0 rings (SSSR count). The molecule has 0 saturated carbocycles. The van der Waals surface area contributed by atoms with Crippen LogP contribution in [0.4, 0.5) is 0 Å². The van der Waals surface area contributed by atoms with Crippen molar-refractivity contribution in [3.05, 3.63) is 0 Å². The van der Waals surface area contributed by atoms with E-state index in [1.54, 1.807) is 0 Å². The Kier molecular flexibility index (Phi) is 3.79. The van der Waals surface area contributed by atoms with Gasteiger partial charge in [-0.05, 0) is 33.5 Å². The van der Waals surface area contributed by atoms with Crippen molar-refractivity contribution in [2.45, 2.75) is 38.7 Å². The van der Waals surface area contributed by atoms with Crippen LogP contribution in [0.3, 0.4) is 0 Å². The van der Waals surface area contributed by atoms with Gasteiger partial charge in [0.1, 0.15) is 0 Å². The zero-order chi connectivity index (χ0) is 8.36. The van der Waals surface area contributed by atoms with Gasteiger partial charge in [-0.3, -0.25) is 0 Å². The van der Waals surface area contributed by atoms with Crippen molar-refractivity contribution in [3.8, 4) is 0 Å². The molecule has 0 heterocycles. The molecule has 1 unspecified atom stereocenters. The fourth-order valence-corrected chi connectivity index (χ4v) is 3.53. The van der Waals surface area contributed by atoms with Gasteiger partial charge >= 0.3 is 0 Å². The Morgan fingerprint density at radius 1 is 1.20 bits per heavy atom. The summed E-state index contributed by atoms with van der Waals surface area (Å²) in [6, 6.07) is 0.